The van der Waals surface area contributed by atoms with Crippen molar-refractivity contribution in [2.45, 2.75) is 111 Å². The maximum Gasteiger partial charge on any atom is 0.101 e. The zero-order valence-corrected chi connectivity index (χ0v) is 44.1. The van der Waals surface area contributed by atoms with E-state index in [0.29, 0.717) is 11.1 Å². The van der Waals surface area contributed by atoms with Crippen LogP contribution in [0.5, 0.6) is 0 Å². The largest absolute Gasteiger partial charge is 0.307 e. The fourth-order valence-electron chi connectivity index (χ4n) is 11.9. The molecule has 358 valence electrons. The predicted octanol–water partition coefficient (Wildman–Crippen LogP) is 18.5. The Morgan fingerprint density at radius 3 is 1.12 bits per heavy atom. The molecule has 0 aliphatic heterocycles. The fraction of sp³-hybridized carbons (Fsp3) is 0.246. The van der Waals surface area contributed by atoms with Gasteiger partial charge in [-0.05, 0) is 172 Å². The standard InChI is InChI=1S/C69H62N4/c1-66(2,3)46-29-42-30-47(67(4,5)6)37-56-57-38-49(32-43-31-48(68(7,8)9)36-55(65(43)57)54(35-46)64(42)56)69(10,11)27-26-41-24-25-61-53(28-41)52-20-14-17-23-60(52)73(61)63-34-45(40-71)44(39-70)33-62(63)72-58-21-15-12-18-50(58)51-19-13-16-22-59(51)72/h12-25,28-38H,26-27H2,1-11H3. The number of nitrogens with zero attached hydrogens (tertiary/aromatic N) is 4. The first-order valence-electron chi connectivity index (χ1n) is 26.0. The molecule has 73 heavy (non-hydrogen) atoms. The van der Waals surface area contributed by atoms with Gasteiger partial charge < -0.3 is 9.13 Å². The van der Waals surface area contributed by atoms with Gasteiger partial charge in [-0.15, -0.1) is 0 Å². The van der Waals surface area contributed by atoms with Crippen molar-refractivity contribution in [2.75, 3.05) is 0 Å². The van der Waals surface area contributed by atoms with Crippen LogP contribution in [0.15, 0.2) is 152 Å². The first-order chi connectivity index (χ1) is 34.7. The van der Waals surface area contributed by atoms with Crippen LogP contribution in [0.2, 0.25) is 0 Å². The third-order valence-corrected chi connectivity index (χ3v) is 16.3. The molecule has 0 radical (unpaired) electrons. The number of hydrogen-bond acceptors (Lipinski definition) is 2. The van der Waals surface area contributed by atoms with Crippen molar-refractivity contribution in [1.82, 2.24) is 9.13 Å². The Balaban J connectivity index is 1.01. The van der Waals surface area contributed by atoms with E-state index in [-0.39, 0.29) is 21.7 Å². The van der Waals surface area contributed by atoms with E-state index in [4.69, 9.17) is 0 Å². The van der Waals surface area contributed by atoms with Crippen molar-refractivity contribution in [1.29, 1.82) is 10.5 Å². The number of fused-ring (bicyclic) bond motifs is 8. The second-order valence-electron chi connectivity index (χ2n) is 24.6. The van der Waals surface area contributed by atoms with Gasteiger partial charge in [-0.2, -0.15) is 10.5 Å². The second kappa shape index (κ2) is 16.0. The van der Waals surface area contributed by atoms with E-state index >= 15 is 0 Å². The molecule has 0 aliphatic rings. The summed E-state index contributed by atoms with van der Waals surface area (Å²) in [6.07, 6.45) is 1.85. The van der Waals surface area contributed by atoms with Gasteiger partial charge in [0.05, 0.1) is 44.6 Å². The van der Waals surface area contributed by atoms with E-state index in [1.807, 2.05) is 12.1 Å². The maximum absolute atomic E-state index is 10.5. The molecule has 10 aromatic carbocycles. The van der Waals surface area contributed by atoms with Crippen molar-refractivity contribution in [3.8, 4) is 23.5 Å². The minimum Gasteiger partial charge on any atom is -0.307 e. The average Bonchev–Trinajstić information content (AvgIpc) is 3.87. The molecule has 12 rings (SSSR count). The molecule has 4 heteroatoms. The van der Waals surface area contributed by atoms with Gasteiger partial charge in [-0.25, -0.2) is 0 Å². The van der Waals surface area contributed by atoms with Gasteiger partial charge in [0.2, 0.25) is 0 Å². The van der Waals surface area contributed by atoms with E-state index in [1.165, 1.54) is 70.9 Å². The summed E-state index contributed by atoms with van der Waals surface area (Å²) in [5, 5.41) is 36.3. The van der Waals surface area contributed by atoms with Gasteiger partial charge in [0.15, 0.2) is 0 Å². The Morgan fingerprint density at radius 1 is 0.370 bits per heavy atom. The van der Waals surface area contributed by atoms with Crippen LogP contribution < -0.4 is 0 Å². The zero-order valence-electron chi connectivity index (χ0n) is 44.1. The Morgan fingerprint density at radius 2 is 0.726 bits per heavy atom. The summed E-state index contributed by atoms with van der Waals surface area (Å²) >= 11 is 0. The Kier molecular flexibility index (Phi) is 10.1. The lowest BCUT2D eigenvalue weighted by molar-refractivity contribution is 0.481. The predicted molar refractivity (Wildman–Crippen MR) is 310 cm³/mol. The molecule has 0 bridgehead atoms. The maximum atomic E-state index is 10.5. The molecule has 0 spiro atoms. The third kappa shape index (κ3) is 7.29. The molecule has 2 aromatic heterocycles. The van der Waals surface area contributed by atoms with Crippen LogP contribution in [-0.4, -0.2) is 9.13 Å². The van der Waals surface area contributed by atoms with E-state index in [2.05, 4.69) is 237 Å². The van der Waals surface area contributed by atoms with Crippen molar-refractivity contribution in [3.63, 3.8) is 0 Å². The first kappa shape index (κ1) is 46.2. The van der Waals surface area contributed by atoms with Crippen molar-refractivity contribution in [3.05, 3.63) is 191 Å². The smallest absolute Gasteiger partial charge is 0.101 e. The highest BCUT2D eigenvalue weighted by molar-refractivity contribution is 6.33. The summed E-state index contributed by atoms with van der Waals surface area (Å²) in [6.45, 7) is 25.9. The van der Waals surface area contributed by atoms with E-state index in [1.54, 1.807) is 0 Å². The minimum atomic E-state index is -0.157. The van der Waals surface area contributed by atoms with Crippen molar-refractivity contribution in [2.24, 2.45) is 0 Å². The Bertz CT molecular complexity index is 4300. The van der Waals surface area contributed by atoms with E-state index in [9.17, 15) is 10.5 Å². The molecule has 0 N–H and O–H groups in total. The number of aromatic nitrogens is 2. The highest BCUT2D eigenvalue weighted by atomic mass is 15.1. The van der Waals surface area contributed by atoms with Crippen LogP contribution in [0.1, 0.15) is 122 Å². The summed E-state index contributed by atoms with van der Waals surface area (Å²) in [4.78, 5) is 0. The molecule has 0 fully saturated rings. The summed E-state index contributed by atoms with van der Waals surface area (Å²) < 4.78 is 4.56. The van der Waals surface area contributed by atoms with Gasteiger partial charge in [0.1, 0.15) is 12.1 Å². The summed E-state index contributed by atoms with van der Waals surface area (Å²) in [6, 6.07) is 60.9. The number of para-hydroxylation sites is 3. The highest BCUT2D eigenvalue weighted by Crippen LogP contribution is 2.48. The summed E-state index contributed by atoms with van der Waals surface area (Å²) in [7, 11) is 0. The monoisotopic (exact) mass is 946 g/mol. The summed E-state index contributed by atoms with van der Waals surface area (Å²) in [5.41, 5.74) is 13.1. The molecule has 0 saturated heterocycles. The molecular weight excluding hydrogens is 885 g/mol. The van der Waals surface area contributed by atoms with Crippen LogP contribution in [0.3, 0.4) is 0 Å². The second-order valence-corrected chi connectivity index (χ2v) is 24.6. The molecule has 0 aliphatic carbocycles. The molecule has 4 nitrogen and oxygen atoms in total. The lowest BCUT2D eigenvalue weighted by Gasteiger charge is -2.29. The number of benzene rings is 10. The van der Waals surface area contributed by atoms with Gasteiger partial charge in [-0.1, -0.05) is 161 Å². The normalized spacial score (nSPS) is 12.9. The van der Waals surface area contributed by atoms with Crippen LogP contribution in [0, 0.1) is 22.7 Å². The zero-order chi connectivity index (χ0) is 51.1. The SMILES string of the molecule is CC(C)(C)c1cc2cc(C(C)(C)C)cc3c4cc(C(C)(C)CCc5ccc6c(c5)c5ccccc5n6-c5cc(C#N)c(C#N)cc5-n5c6ccccc6c6ccccc65)cc5cc(C(C)(C)C)cc(c(c1)c23)c54. The van der Waals surface area contributed by atoms with Crippen LogP contribution in [0.4, 0.5) is 0 Å². The third-order valence-electron chi connectivity index (χ3n) is 16.3. The molecule has 2 heterocycles. The molecule has 0 amide bonds. The van der Waals surface area contributed by atoms with Crippen LogP contribution >= 0.6 is 0 Å². The Labute approximate surface area is 429 Å². The quantitative estimate of drug-likeness (QED) is 0.123. The lowest BCUT2D eigenvalue weighted by Crippen LogP contribution is -2.18. The number of nitriles is 2. The Hall–Kier alpha value is -7.92. The van der Waals surface area contributed by atoms with Crippen LogP contribution in [0.25, 0.3) is 98.1 Å². The van der Waals surface area contributed by atoms with Crippen LogP contribution in [-0.2, 0) is 28.1 Å². The first-order valence-corrected chi connectivity index (χ1v) is 26.0. The number of hydrogen-bond donors (Lipinski definition) is 0. The summed E-state index contributed by atoms with van der Waals surface area (Å²) in [5.74, 6) is 0. The fourth-order valence-corrected chi connectivity index (χ4v) is 11.9. The average molecular weight is 947 g/mol. The van der Waals surface area contributed by atoms with Gasteiger partial charge in [0.25, 0.3) is 0 Å². The van der Waals surface area contributed by atoms with Crippen molar-refractivity contribution >= 4 is 86.7 Å². The van der Waals surface area contributed by atoms with E-state index in [0.717, 1.165) is 67.8 Å². The highest BCUT2D eigenvalue weighted by Gasteiger charge is 2.28. The van der Waals surface area contributed by atoms with Gasteiger partial charge in [0, 0.05) is 21.5 Å². The molecular formula is C69H62N4. The molecule has 0 saturated carbocycles. The molecule has 0 atom stereocenters. The number of rotatable bonds is 6. The van der Waals surface area contributed by atoms with Crippen molar-refractivity contribution < 1.29 is 0 Å². The minimum absolute atomic E-state index is 0.00410. The topological polar surface area (TPSA) is 57.4 Å². The van der Waals surface area contributed by atoms with E-state index < -0.39 is 0 Å². The van der Waals surface area contributed by atoms with Gasteiger partial charge in [-0.3, -0.25) is 0 Å². The molecule has 0 unspecified atom stereocenters. The molecule has 12 aromatic rings. The lowest BCUT2D eigenvalue weighted by atomic mass is 9.75. The number of aryl methyl sites for hydroxylation is 1. The van der Waals surface area contributed by atoms with Gasteiger partial charge >= 0.3 is 0 Å².